The number of likely N-dealkylation sites (tertiary alicyclic amines) is 1. The quantitative estimate of drug-likeness (QED) is 0.846. The molecular weight excluding hydrogens is 292 g/mol. The molecule has 3 heterocycles. The third kappa shape index (κ3) is 3.47. The molecule has 0 aliphatic carbocycles. The highest BCUT2D eigenvalue weighted by Crippen LogP contribution is 2.21. The van der Waals surface area contributed by atoms with Crippen molar-refractivity contribution in [3.8, 4) is 6.01 Å². The van der Waals surface area contributed by atoms with Gasteiger partial charge in [-0.2, -0.15) is 4.98 Å². The Balaban J connectivity index is 1.64. The van der Waals surface area contributed by atoms with Gasteiger partial charge in [-0.1, -0.05) is 0 Å². The van der Waals surface area contributed by atoms with Gasteiger partial charge in [-0.05, 0) is 33.6 Å². The first-order chi connectivity index (χ1) is 11.1. The van der Waals surface area contributed by atoms with Crippen LogP contribution in [0.3, 0.4) is 0 Å². The summed E-state index contributed by atoms with van der Waals surface area (Å²) in [5, 5.41) is 0. The largest absolute Gasteiger partial charge is 0.460 e. The fourth-order valence-corrected chi connectivity index (χ4v) is 3.30. The van der Waals surface area contributed by atoms with Gasteiger partial charge in [0.05, 0.1) is 11.3 Å². The van der Waals surface area contributed by atoms with Crippen LogP contribution in [0.2, 0.25) is 0 Å². The van der Waals surface area contributed by atoms with E-state index in [1.807, 2.05) is 11.8 Å². The van der Waals surface area contributed by atoms with Crippen molar-refractivity contribution >= 4 is 5.91 Å². The van der Waals surface area contributed by atoms with E-state index in [0.717, 1.165) is 51.1 Å². The van der Waals surface area contributed by atoms with Gasteiger partial charge < -0.3 is 14.5 Å². The van der Waals surface area contributed by atoms with Crippen LogP contribution >= 0.6 is 0 Å². The van der Waals surface area contributed by atoms with E-state index < -0.39 is 0 Å². The van der Waals surface area contributed by atoms with Gasteiger partial charge in [0.2, 0.25) is 0 Å². The van der Waals surface area contributed by atoms with Crippen LogP contribution in [0.1, 0.15) is 49.7 Å². The lowest BCUT2D eigenvalue weighted by molar-refractivity contribution is 0.0732. The maximum absolute atomic E-state index is 12.2. The summed E-state index contributed by atoms with van der Waals surface area (Å²) in [6.45, 7) is 10.0. The number of carbonyl (C=O) groups excluding carboxylic acids is 1. The predicted molar refractivity (Wildman–Crippen MR) is 87.7 cm³/mol. The number of hydrogen-bond acceptors (Lipinski definition) is 5. The van der Waals surface area contributed by atoms with E-state index in [-0.39, 0.29) is 12.0 Å². The number of likely N-dealkylation sites (N-methyl/N-ethyl adjacent to an activating group) is 1. The van der Waals surface area contributed by atoms with Crippen LogP contribution in [0.4, 0.5) is 0 Å². The summed E-state index contributed by atoms with van der Waals surface area (Å²) < 4.78 is 5.96. The minimum atomic E-state index is 0.0329. The molecular formula is C17H26N4O2. The van der Waals surface area contributed by atoms with Crippen LogP contribution in [0.15, 0.2) is 6.20 Å². The van der Waals surface area contributed by atoms with Gasteiger partial charge in [-0.3, -0.25) is 4.79 Å². The van der Waals surface area contributed by atoms with Crippen LogP contribution in [-0.4, -0.2) is 64.0 Å². The van der Waals surface area contributed by atoms with Crippen molar-refractivity contribution in [3.63, 3.8) is 0 Å². The lowest BCUT2D eigenvalue weighted by atomic mass is 10.1. The first-order valence-corrected chi connectivity index (χ1v) is 8.64. The van der Waals surface area contributed by atoms with Crippen molar-refractivity contribution in [2.45, 2.75) is 52.2 Å². The number of rotatable bonds is 4. The first kappa shape index (κ1) is 16.2. The smallest absolute Gasteiger partial charge is 0.316 e. The molecule has 0 unspecified atom stereocenters. The number of ether oxygens (including phenoxy) is 1. The zero-order valence-corrected chi connectivity index (χ0v) is 14.3. The lowest BCUT2D eigenvalue weighted by Gasteiger charge is -2.34. The number of carbonyl (C=O) groups is 1. The zero-order valence-electron chi connectivity index (χ0n) is 14.3. The second-order valence-corrected chi connectivity index (χ2v) is 6.59. The third-order valence-corrected chi connectivity index (χ3v) is 4.84. The fraction of sp³-hybridized carbons (Fsp3) is 0.706. The SMILES string of the molecule is CCN1CCc2nc(OC3CCN(C(C)C)CC3)ncc2C1=O. The monoisotopic (exact) mass is 318 g/mol. The Bertz CT molecular complexity index is 568. The van der Waals surface area contributed by atoms with Gasteiger partial charge in [0, 0.05) is 44.8 Å². The average molecular weight is 318 g/mol. The minimum absolute atomic E-state index is 0.0329. The van der Waals surface area contributed by atoms with Crippen molar-refractivity contribution in [1.82, 2.24) is 19.8 Å². The number of fused-ring (bicyclic) bond motifs is 1. The topological polar surface area (TPSA) is 58.6 Å². The molecule has 6 heteroatoms. The number of aromatic nitrogens is 2. The summed E-state index contributed by atoms with van der Waals surface area (Å²) in [5.41, 5.74) is 1.45. The summed E-state index contributed by atoms with van der Waals surface area (Å²) in [6.07, 6.45) is 4.59. The van der Waals surface area contributed by atoms with Gasteiger partial charge in [0.1, 0.15) is 6.10 Å². The highest BCUT2D eigenvalue weighted by Gasteiger charge is 2.27. The van der Waals surface area contributed by atoms with Crippen LogP contribution < -0.4 is 4.74 Å². The average Bonchev–Trinajstić information content (AvgIpc) is 2.56. The van der Waals surface area contributed by atoms with Crippen molar-refractivity contribution in [3.05, 3.63) is 17.5 Å². The normalized spacial score (nSPS) is 20.0. The Labute approximate surface area is 137 Å². The van der Waals surface area contributed by atoms with E-state index in [4.69, 9.17) is 4.74 Å². The molecule has 2 aliphatic heterocycles. The van der Waals surface area contributed by atoms with Crippen molar-refractivity contribution < 1.29 is 9.53 Å². The van der Waals surface area contributed by atoms with E-state index in [1.54, 1.807) is 6.20 Å². The van der Waals surface area contributed by atoms with E-state index in [1.165, 1.54) is 0 Å². The molecule has 1 saturated heterocycles. The summed E-state index contributed by atoms with van der Waals surface area (Å²) >= 11 is 0. The van der Waals surface area contributed by atoms with E-state index in [9.17, 15) is 4.79 Å². The molecule has 0 atom stereocenters. The van der Waals surface area contributed by atoms with Crippen LogP contribution in [0.25, 0.3) is 0 Å². The second kappa shape index (κ2) is 6.83. The van der Waals surface area contributed by atoms with Crippen LogP contribution in [-0.2, 0) is 6.42 Å². The Morgan fingerprint density at radius 1 is 1.30 bits per heavy atom. The van der Waals surface area contributed by atoms with Crippen molar-refractivity contribution in [2.75, 3.05) is 26.2 Å². The van der Waals surface area contributed by atoms with E-state index in [0.29, 0.717) is 17.6 Å². The molecule has 1 aromatic heterocycles. The molecule has 23 heavy (non-hydrogen) atoms. The molecule has 0 bridgehead atoms. The fourth-order valence-electron chi connectivity index (χ4n) is 3.30. The van der Waals surface area contributed by atoms with Crippen molar-refractivity contribution in [2.24, 2.45) is 0 Å². The number of nitrogens with zero attached hydrogens (tertiary/aromatic N) is 4. The molecule has 0 spiro atoms. The Kier molecular flexibility index (Phi) is 4.80. The van der Waals surface area contributed by atoms with Gasteiger partial charge in [-0.25, -0.2) is 4.98 Å². The summed E-state index contributed by atoms with van der Waals surface area (Å²) in [6, 6.07) is 1.01. The molecule has 6 nitrogen and oxygen atoms in total. The zero-order chi connectivity index (χ0) is 16.4. The molecule has 126 valence electrons. The number of amides is 1. The standard InChI is InChI=1S/C17H26N4O2/c1-4-20-10-7-15-14(16(20)22)11-18-17(19-15)23-13-5-8-21(9-6-13)12(2)3/h11-13H,4-10H2,1-3H3. The third-order valence-electron chi connectivity index (χ3n) is 4.84. The molecule has 0 aromatic carbocycles. The Morgan fingerprint density at radius 2 is 2.04 bits per heavy atom. The van der Waals surface area contributed by atoms with Gasteiger partial charge in [-0.15, -0.1) is 0 Å². The van der Waals surface area contributed by atoms with Gasteiger partial charge in [0.15, 0.2) is 0 Å². The first-order valence-electron chi connectivity index (χ1n) is 8.64. The molecule has 3 rings (SSSR count). The maximum atomic E-state index is 12.2. The molecule has 0 N–H and O–H groups in total. The molecule has 1 amide bonds. The van der Waals surface area contributed by atoms with Gasteiger partial charge in [0.25, 0.3) is 5.91 Å². The maximum Gasteiger partial charge on any atom is 0.316 e. The van der Waals surface area contributed by atoms with Crippen LogP contribution in [0.5, 0.6) is 6.01 Å². The van der Waals surface area contributed by atoms with E-state index >= 15 is 0 Å². The highest BCUT2D eigenvalue weighted by molar-refractivity contribution is 5.95. The molecule has 0 radical (unpaired) electrons. The number of hydrogen-bond donors (Lipinski definition) is 0. The Hall–Kier alpha value is -1.69. The Morgan fingerprint density at radius 3 is 2.70 bits per heavy atom. The summed E-state index contributed by atoms with van der Waals surface area (Å²) in [7, 11) is 0. The highest BCUT2D eigenvalue weighted by atomic mass is 16.5. The molecule has 0 saturated carbocycles. The number of piperidine rings is 1. The second-order valence-electron chi connectivity index (χ2n) is 6.59. The van der Waals surface area contributed by atoms with Crippen molar-refractivity contribution in [1.29, 1.82) is 0 Å². The van der Waals surface area contributed by atoms with Crippen LogP contribution in [0, 0.1) is 0 Å². The molecule has 1 aromatic rings. The lowest BCUT2D eigenvalue weighted by Crippen LogP contribution is -2.42. The molecule has 1 fully saturated rings. The summed E-state index contributed by atoms with van der Waals surface area (Å²) in [4.78, 5) is 25.3. The minimum Gasteiger partial charge on any atom is -0.460 e. The summed E-state index contributed by atoms with van der Waals surface area (Å²) in [5.74, 6) is 0.0329. The molecule has 2 aliphatic rings. The predicted octanol–water partition coefficient (Wildman–Crippen LogP) is 1.75. The van der Waals surface area contributed by atoms with E-state index in [2.05, 4.69) is 28.7 Å². The van der Waals surface area contributed by atoms with Gasteiger partial charge >= 0.3 is 6.01 Å².